The fourth-order valence-corrected chi connectivity index (χ4v) is 6.92. The Hall–Kier alpha value is -2.22. The predicted molar refractivity (Wildman–Crippen MR) is 230 cm³/mol. The van der Waals surface area contributed by atoms with Crippen LogP contribution >= 0.6 is 0 Å². The quantitative estimate of drug-likeness (QED) is 0.0330. The first-order chi connectivity index (χ1) is 25.8. The van der Waals surface area contributed by atoms with Crippen LogP contribution in [0.1, 0.15) is 194 Å². The number of hydrogen-bond donors (Lipinski definition) is 3. The Balaban J connectivity index is 3.98. The fraction of sp³-hybridized carbons (Fsp3) is 0.717. The topological polar surface area (TPSA) is 104 Å². The van der Waals surface area contributed by atoms with Crippen LogP contribution < -0.4 is 5.32 Å². The maximum atomic E-state index is 12.5. The van der Waals surface area contributed by atoms with Crippen LogP contribution in [0.15, 0.2) is 72.9 Å². The van der Waals surface area contributed by atoms with Crippen LogP contribution in [-0.2, 0) is 14.9 Å². The van der Waals surface area contributed by atoms with E-state index < -0.39 is 28.0 Å². The van der Waals surface area contributed by atoms with Gasteiger partial charge in [-0.3, -0.25) is 9.35 Å². The number of carbonyl (C=O) groups excluding carboxylic acids is 1. The van der Waals surface area contributed by atoms with Crippen molar-refractivity contribution in [2.75, 3.05) is 5.75 Å². The smallest absolute Gasteiger partial charge is 0.267 e. The number of unbranched alkanes of at least 4 members (excludes halogenated alkanes) is 20. The lowest BCUT2D eigenvalue weighted by molar-refractivity contribution is -0.122. The molecular formula is C46H81NO5S. The monoisotopic (exact) mass is 760 g/mol. The molecule has 0 saturated heterocycles. The third-order valence-corrected chi connectivity index (χ3v) is 10.2. The third kappa shape index (κ3) is 40.8. The summed E-state index contributed by atoms with van der Waals surface area (Å²) >= 11 is 0. The Labute approximate surface area is 327 Å². The van der Waals surface area contributed by atoms with Crippen molar-refractivity contribution in [3.05, 3.63) is 72.9 Å². The van der Waals surface area contributed by atoms with Gasteiger partial charge in [0.1, 0.15) is 0 Å². The molecule has 0 saturated carbocycles. The van der Waals surface area contributed by atoms with Crippen molar-refractivity contribution in [2.45, 2.75) is 206 Å². The van der Waals surface area contributed by atoms with Crippen molar-refractivity contribution in [2.24, 2.45) is 0 Å². The van der Waals surface area contributed by atoms with Gasteiger partial charge >= 0.3 is 0 Å². The number of amides is 1. The van der Waals surface area contributed by atoms with Gasteiger partial charge in [-0.15, -0.1) is 0 Å². The highest BCUT2D eigenvalue weighted by Crippen LogP contribution is 2.15. The molecule has 6 nitrogen and oxygen atoms in total. The molecule has 53 heavy (non-hydrogen) atoms. The second-order valence-corrected chi connectivity index (χ2v) is 16.1. The molecule has 7 heteroatoms. The molecule has 0 aliphatic carbocycles. The zero-order valence-corrected chi connectivity index (χ0v) is 34.9. The van der Waals surface area contributed by atoms with Crippen molar-refractivity contribution in [1.29, 1.82) is 0 Å². The molecule has 0 aromatic rings. The molecule has 0 rings (SSSR count). The van der Waals surface area contributed by atoms with Gasteiger partial charge in [0.05, 0.1) is 17.9 Å². The second-order valence-electron chi connectivity index (χ2n) is 14.6. The first-order valence-electron chi connectivity index (χ1n) is 21.6. The summed E-state index contributed by atoms with van der Waals surface area (Å²) in [5.41, 5.74) is 0. The van der Waals surface area contributed by atoms with Gasteiger partial charge in [0.2, 0.25) is 5.91 Å². The summed E-state index contributed by atoms with van der Waals surface area (Å²) in [6.07, 6.45) is 56.0. The van der Waals surface area contributed by atoms with Crippen LogP contribution in [0.5, 0.6) is 0 Å². The molecule has 0 aromatic carbocycles. The summed E-state index contributed by atoms with van der Waals surface area (Å²) in [5.74, 6) is -1.03. The van der Waals surface area contributed by atoms with Gasteiger partial charge in [-0.1, -0.05) is 196 Å². The number of carbonyl (C=O) groups is 1. The van der Waals surface area contributed by atoms with Gasteiger partial charge in [-0.2, -0.15) is 8.42 Å². The minimum absolute atomic E-state index is 0.253. The largest absolute Gasteiger partial charge is 0.387 e. The summed E-state index contributed by atoms with van der Waals surface area (Å²) in [7, 11) is -4.36. The van der Waals surface area contributed by atoms with E-state index in [0.29, 0.717) is 6.42 Å². The molecule has 0 aromatic heterocycles. The van der Waals surface area contributed by atoms with E-state index in [1.807, 2.05) is 6.08 Å². The van der Waals surface area contributed by atoms with E-state index in [1.165, 1.54) is 96.3 Å². The standard InChI is InChI=1S/C46H81NO5S/c1-3-5-7-9-11-13-15-17-19-21-23-25-27-29-31-33-35-37-39-41-45(48)44(43-53(50,51)52)47-46(49)42-40-38-36-34-32-30-28-26-24-22-20-18-16-14-12-10-8-6-4-2/h6,8,12,14,18,20,24,26,30,32,39,41,44-45,48H,3-5,7,9-11,13,15-17,19,21-23,25,27-29,31,33-38,40,42-43H2,1-2H3,(H,47,49)(H,50,51,52)/b8-6-,14-12-,20-18-,26-24-,32-30-,41-39+. The maximum Gasteiger partial charge on any atom is 0.267 e. The summed E-state index contributed by atoms with van der Waals surface area (Å²) in [6, 6.07) is -1.08. The Morgan fingerprint density at radius 3 is 1.34 bits per heavy atom. The minimum atomic E-state index is -4.36. The van der Waals surface area contributed by atoms with Gasteiger partial charge in [0, 0.05) is 6.42 Å². The molecule has 0 fully saturated rings. The van der Waals surface area contributed by atoms with Crippen LogP contribution in [-0.4, -0.2) is 41.9 Å². The first-order valence-corrected chi connectivity index (χ1v) is 23.2. The molecule has 1 amide bonds. The fourth-order valence-electron chi connectivity index (χ4n) is 6.18. The summed E-state index contributed by atoms with van der Waals surface area (Å²) in [4.78, 5) is 12.5. The van der Waals surface area contributed by atoms with Gasteiger partial charge in [0.15, 0.2) is 0 Å². The van der Waals surface area contributed by atoms with Crippen LogP contribution in [0.3, 0.4) is 0 Å². The number of aliphatic hydroxyl groups is 1. The van der Waals surface area contributed by atoms with E-state index in [2.05, 4.69) is 79.9 Å². The van der Waals surface area contributed by atoms with E-state index in [0.717, 1.165) is 70.6 Å². The molecular weight excluding hydrogens is 679 g/mol. The highest BCUT2D eigenvalue weighted by molar-refractivity contribution is 7.85. The predicted octanol–water partition coefficient (Wildman–Crippen LogP) is 13.0. The number of rotatable bonds is 38. The summed E-state index contributed by atoms with van der Waals surface area (Å²) in [6.45, 7) is 4.41. The Kier molecular flexibility index (Phi) is 37.8. The molecule has 3 N–H and O–H groups in total. The van der Waals surface area contributed by atoms with E-state index in [-0.39, 0.29) is 12.3 Å². The molecule has 0 aliphatic heterocycles. The molecule has 0 spiro atoms. The van der Waals surface area contributed by atoms with Crippen molar-refractivity contribution < 1.29 is 22.9 Å². The molecule has 2 unspecified atom stereocenters. The van der Waals surface area contributed by atoms with E-state index in [4.69, 9.17) is 0 Å². The molecule has 0 aliphatic rings. The maximum absolute atomic E-state index is 12.5. The lowest BCUT2D eigenvalue weighted by Gasteiger charge is -2.21. The molecule has 2 atom stereocenters. The normalized spacial score (nSPS) is 14.0. The molecule has 306 valence electrons. The minimum Gasteiger partial charge on any atom is -0.387 e. The van der Waals surface area contributed by atoms with Crippen LogP contribution in [0, 0.1) is 0 Å². The van der Waals surface area contributed by atoms with Crippen LogP contribution in [0.4, 0.5) is 0 Å². The Morgan fingerprint density at radius 2 is 0.906 bits per heavy atom. The summed E-state index contributed by atoms with van der Waals surface area (Å²) < 4.78 is 32.5. The second kappa shape index (κ2) is 39.5. The van der Waals surface area contributed by atoms with E-state index in [1.54, 1.807) is 6.08 Å². The van der Waals surface area contributed by atoms with Gasteiger partial charge in [0.25, 0.3) is 10.1 Å². The van der Waals surface area contributed by atoms with Gasteiger partial charge < -0.3 is 10.4 Å². The zero-order valence-electron chi connectivity index (χ0n) is 34.1. The number of hydrogen-bond acceptors (Lipinski definition) is 4. The lowest BCUT2D eigenvalue weighted by atomic mass is 10.0. The van der Waals surface area contributed by atoms with Crippen LogP contribution in [0.2, 0.25) is 0 Å². The summed E-state index contributed by atoms with van der Waals surface area (Å²) in [5, 5.41) is 13.2. The van der Waals surface area contributed by atoms with Crippen molar-refractivity contribution >= 4 is 16.0 Å². The SMILES string of the molecule is CC/C=C\C/C=C\C/C=C\C/C=C\C/C=C\CCCCCC(=O)NC(CS(=O)(=O)O)C(O)/C=C/CCCCCCCCCCCCCCCCCCC. The highest BCUT2D eigenvalue weighted by Gasteiger charge is 2.24. The Bertz CT molecular complexity index is 1100. The zero-order chi connectivity index (χ0) is 38.9. The first kappa shape index (κ1) is 50.8. The van der Waals surface area contributed by atoms with E-state index in [9.17, 15) is 22.9 Å². The Morgan fingerprint density at radius 1 is 0.528 bits per heavy atom. The van der Waals surface area contributed by atoms with Gasteiger partial charge in [-0.05, 0) is 64.2 Å². The van der Waals surface area contributed by atoms with Crippen molar-refractivity contribution in [3.8, 4) is 0 Å². The average Bonchev–Trinajstić information content (AvgIpc) is 3.12. The number of aliphatic hydroxyl groups excluding tert-OH is 1. The number of nitrogens with one attached hydrogen (secondary N) is 1. The third-order valence-electron chi connectivity index (χ3n) is 9.39. The van der Waals surface area contributed by atoms with Gasteiger partial charge in [-0.25, -0.2) is 0 Å². The number of allylic oxidation sites excluding steroid dienone is 11. The van der Waals surface area contributed by atoms with E-state index >= 15 is 0 Å². The average molecular weight is 760 g/mol. The highest BCUT2D eigenvalue weighted by atomic mass is 32.2. The molecule has 0 bridgehead atoms. The van der Waals surface area contributed by atoms with Crippen molar-refractivity contribution in [3.63, 3.8) is 0 Å². The lowest BCUT2D eigenvalue weighted by Crippen LogP contribution is -2.46. The van der Waals surface area contributed by atoms with Crippen molar-refractivity contribution in [1.82, 2.24) is 5.32 Å². The molecule has 0 radical (unpaired) electrons. The molecule has 0 heterocycles. The van der Waals surface area contributed by atoms with Crippen LogP contribution in [0.25, 0.3) is 0 Å².